The summed E-state index contributed by atoms with van der Waals surface area (Å²) in [4.78, 5) is 12.3. The van der Waals surface area contributed by atoms with Crippen molar-refractivity contribution in [2.75, 3.05) is 6.54 Å². The maximum absolute atomic E-state index is 12.3. The van der Waals surface area contributed by atoms with Gasteiger partial charge in [0, 0.05) is 6.54 Å². The van der Waals surface area contributed by atoms with E-state index in [0.717, 1.165) is 6.42 Å². The predicted molar refractivity (Wildman–Crippen MR) is 95.7 cm³/mol. The van der Waals surface area contributed by atoms with Crippen LogP contribution in [0.3, 0.4) is 0 Å². The fraction of sp³-hybridized carbons (Fsp3) is 0.611. The Kier molecular flexibility index (Phi) is 7.13. The molecule has 0 aliphatic carbocycles. The van der Waals surface area contributed by atoms with Crippen molar-refractivity contribution < 1.29 is 9.22 Å². The SMILES string of the molecule is CC(C)[Si](OC(=O)NCCc1ccccc1)(C(C)C)C(C)C. The van der Waals surface area contributed by atoms with Crippen LogP contribution in [0.25, 0.3) is 0 Å². The highest BCUT2D eigenvalue weighted by Gasteiger charge is 2.48. The Labute approximate surface area is 136 Å². The van der Waals surface area contributed by atoms with Crippen molar-refractivity contribution in [1.82, 2.24) is 5.32 Å². The van der Waals surface area contributed by atoms with E-state index in [0.29, 0.717) is 23.2 Å². The van der Waals surface area contributed by atoms with Crippen LogP contribution in [0.5, 0.6) is 0 Å². The van der Waals surface area contributed by atoms with E-state index in [1.807, 2.05) is 18.2 Å². The molecule has 0 fully saturated rings. The largest absolute Gasteiger partial charge is 0.503 e. The molecule has 0 unspecified atom stereocenters. The molecule has 22 heavy (non-hydrogen) atoms. The first-order valence-corrected chi connectivity index (χ1v) is 10.5. The van der Waals surface area contributed by atoms with Crippen molar-refractivity contribution in [3.05, 3.63) is 35.9 Å². The zero-order valence-electron chi connectivity index (χ0n) is 14.8. The number of benzene rings is 1. The van der Waals surface area contributed by atoms with Crippen LogP contribution in [0.1, 0.15) is 47.1 Å². The molecule has 0 aliphatic rings. The number of hydrogen-bond acceptors (Lipinski definition) is 2. The summed E-state index contributed by atoms with van der Waals surface area (Å²) in [5.74, 6) is 0. The molecule has 0 bridgehead atoms. The number of hydrogen-bond donors (Lipinski definition) is 1. The molecule has 1 rings (SSSR count). The average Bonchev–Trinajstić information content (AvgIpc) is 2.44. The van der Waals surface area contributed by atoms with Crippen LogP contribution < -0.4 is 5.32 Å². The molecule has 0 heterocycles. The van der Waals surface area contributed by atoms with E-state index in [-0.39, 0.29) is 6.09 Å². The average molecular weight is 322 g/mol. The third-order valence-corrected chi connectivity index (χ3v) is 10.5. The summed E-state index contributed by atoms with van der Waals surface area (Å²) in [6, 6.07) is 10.2. The van der Waals surface area contributed by atoms with Crippen LogP contribution in [0.2, 0.25) is 16.6 Å². The maximum Gasteiger partial charge on any atom is 0.393 e. The normalized spacial score (nSPS) is 12.0. The Bertz CT molecular complexity index is 436. The van der Waals surface area contributed by atoms with E-state index in [1.54, 1.807) is 0 Å². The standard InChI is InChI=1S/C18H31NO2Si/c1-14(2)22(15(3)4,16(5)6)21-18(20)19-13-12-17-10-8-7-9-11-17/h7-11,14-16H,12-13H2,1-6H3,(H,19,20). The molecule has 0 spiro atoms. The maximum atomic E-state index is 12.3. The van der Waals surface area contributed by atoms with Crippen molar-refractivity contribution in [2.45, 2.75) is 64.6 Å². The lowest BCUT2D eigenvalue weighted by Gasteiger charge is -2.41. The molecule has 0 aliphatic heterocycles. The lowest BCUT2D eigenvalue weighted by Crippen LogP contribution is -2.51. The predicted octanol–water partition coefficient (Wildman–Crippen LogP) is 5.13. The van der Waals surface area contributed by atoms with Crippen molar-refractivity contribution in [2.24, 2.45) is 0 Å². The van der Waals surface area contributed by atoms with Gasteiger partial charge in [-0.2, -0.15) is 0 Å². The molecule has 1 aromatic rings. The van der Waals surface area contributed by atoms with E-state index in [9.17, 15) is 4.79 Å². The molecule has 0 radical (unpaired) electrons. The summed E-state index contributed by atoms with van der Waals surface area (Å²) >= 11 is 0. The molecular weight excluding hydrogens is 290 g/mol. The number of nitrogens with one attached hydrogen (secondary N) is 1. The van der Waals surface area contributed by atoms with Gasteiger partial charge in [-0.3, -0.25) is 0 Å². The first-order chi connectivity index (χ1) is 10.3. The van der Waals surface area contributed by atoms with Crippen molar-refractivity contribution >= 4 is 14.4 Å². The van der Waals surface area contributed by atoms with E-state index >= 15 is 0 Å². The fourth-order valence-electron chi connectivity index (χ4n) is 3.50. The highest BCUT2D eigenvalue weighted by molar-refractivity contribution is 6.78. The number of rotatable bonds is 7. The summed E-state index contributed by atoms with van der Waals surface area (Å²) in [5, 5.41) is 2.92. The van der Waals surface area contributed by atoms with Gasteiger partial charge in [0.25, 0.3) is 8.32 Å². The lowest BCUT2D eigenvalue weighted by atomic mass is 10.1. The van der Waals surface area contributed by atoms with Gasteiger partial charge in [0.15, 0.2) is 0 Å². The van der Waals surface area contributed by atoms with Crippen LogP contribution in [0.4, 0.5) is 4.79 Å². The Morgan fingerprint density at radius 3 is 1.95 bits per heavy atom. The van der Waals surface area contributed by atoms with Gasteiger partial charge >= 0.3 is 6.09 Å². The highest BCUT2D eigenvalue weighted by atomic mass is 28.4. The molecule has 0 saturated carbocycles. The first kappa shape index (κ1) is 18.8. The molecule has 0 saturated heterocycles. The quantitative estimate of drug-likeness (QED) is 0.707. The van der Waals surface area contributed by atoms with Gasteiger partial charge in [0.1, 0.15) is 0 Å². The zero-order chi connectivity index (χ0) is 16.8. The number of amides is 1. The van der Waals surface area contributed by atoms with Crippen LogP contribution in [-0.4, -0.2) is 21.0 Å². The molecule has 1 aromatic carbocycles. The minimum atomic E-state index is -2.13. The number of carbonyl (C=O) groups excluding carboxylic acids is 1. The topological polar surface area (TPSA) is 38.3 Å². The van der Waals surface area contributed by atoms with Crippen LogP contribution >= 0.6 is 0 Å². The molecule has 0 atom stereocenters. The van der Waals surface area contributed by atoms with E-state index < -0.39 is 8.32 Å². The Hall–Kier alpha value is -1.29. The Morgan fingerprint density at radius 2 is 1.50 bits per heavy atom. The molecule has 1 amide bonds. The molecule has 4 heteroatoms. The van der Waals surface area contributed by atoms with E-state index in [2.05, 4.69) is 59.0 Å². The second-order valence-electron chi connectivity index (χ2n) is 6.87. The summed E-state index contributed by atoms with van der Waals surface area (Å²) in [5.41, 5.74) is 2.45. The third kappa shape index (κ3) is 4.60. The lowest BCUT2D eigenvalue weighted by molar-refractivity contribution is 0.193. The number of carbonyl (C=O) groups is 1. The monoisotopic (exact) mass is 321 g/mol. The van der Waals surface area contributed by atoms with Crippen LogP contribution in [-0.2, 0) is 10.8 Å². The first-order valence-electron chi connectivity index (χ1n) is 8.31. The van der Waals surface area contributed by atoms with Gasteiger partial charge in [-0.15, -0.1) is 0 Å². The van der Waals surface area contributed by atoms with Gasteiger partial charge in [-0.1, -0.05) is 71.9 Å². The van der Waals surface area contributed by atoms with Crippen LogP contribution in [0, 0.1) is 0 Å². The summed E-state index contributed by atoms with van der Waals surface area (Å²) < 4.78 is 6.05. The molecule has 3 nitrogen and oxygen atoms in total. The van der Waals surface area contributed by atoms with Gasteiger partial charge < -0.3 is 9.74 Å². The van der Waals surface area contributed by atoms with Gasteiger partial charge in [-0.25, -0.2) is 4.79 Å². The second kappa shape index (κ2) is 8.37. The minimum Gasteiger partial charge on any atom is -0.503 e. The zero-order valence-corrected chi connectivity index (χ0v) is 15.8. The van der Waals surface area contributed by atoms with Crippen molar-refractivity contribution in [1.29, 1.82) is 0 Å². The smallest absolute Gasteiger partial charge is 0.393 e. The molecule has 0 aromatic heterocycles. The van der Waals surface area contributed by atoms with Crippen LogP contribution in [0.15, 0.2) is 30.3 Å². The van der Waals surface area contributed by atoms with Gasteiger partial charge in [-0.05, 0) is 28.6 Å². The Balaban J connectivity index is 2.60. The molecule has 1 N–H and O–H groups in total. The third-order valence-electron chi connectivity index (χ3n) is 4.50. The van der Waals surface area contributed by atoms with Gasteiger partial charge in [0.05, 0.1) is 0 Å². The van der Waals surface area contributed by atoms with Crippen molar-refractivity contribution in [3.8, 4) is 0 Å². The van der Waals surface area contributed by atoms with Crippen molar-refractivity contribution in [3.63, 3.8) is 0 Å². The van der Waals surface area contributed by atoms with Gasteiger partial charge in [0.2, 0.25) is 0 Å². The minimum absolute atomic E-state index is 0.251. The molecule has 124 valence electrons. The van der Waals surface area contributed by atoms with E-state index in [4.69, 9.17) is 4.43 Å². The summed E-state index contributed by atoms with van der Waals surface area (Å²) in [7, 11) is -2.13. The second-order valence-corrected chi connectivity index (χ2v) is 12.2. The summed E-state index contributed by atoms with van der Waals surface area (Å²) in [6.07, 6.45) is 0.578. The fourth-order valence-corrected chi connectivity index (χ4v) is 8.60. The van der Waals surface area contributed by atoms with E-state index in [1.165, 1.54) is 5.56 Å². The summed E-state index contributed by atoms with van der Waals surface area (Å²) in [6.45, 7) is 13.7. The highest BCUT2D eigenvalue weighted by Crippen LogP contribution is 2.42. The Morgan fingerprint density at radius 1 is 1.00 bits per heavy atom. The molecular formula is C18H31NO2Si.